The third-order valence-electron chi connectivity index (χ3n) is 23.2. The van der Waals surface area contributed by atoms with E-state index < -0.39 is 228 Å². The molecule has 3 aromatic carbocycles. The number of rotatable bonds is 24. The van der Waals surface area contributed by atoms with Crippen molar-refractivity contribution in [3.8, 4) is 5.75 Å². The first-order chi connectivity index (χ1) is 61.4. The lowest BCUT2D eigenvalue weighted by molar-refractivity contribution is -0.149. The van der Waals surface area contributed by atoms with E-state index in [4.69, 9.17) is 22.9 Å². The van der Waals surface area contributed by atoms with Crippen LogP contribution in [0.2, 0.25) is 0 Å². The Morgan fingerprint density at radius 1 is 0.496 bits per heavy atom. The smallest absolute Gasteiger partial charge is 0.246 e. The lowest BCUT2D eigenvalue weighted by Crippen LogP contribution is -2.62. The molecule has 129 heavy (non-hydrogen) atoms. The number of thioether (sulfide) groups is 1. The number of amides is 18. The number of carbonyl (C=O) groups excluding carboxylic acids is 18. The number of H-pyrrole nitrogens is 2. The molecule has 22 N–H and O–H groups in total. The predicted molar refractivity (Wildman–Crippen MR) is 474 cm³/mol. The van der Waals surface area contributed by atoms with E-state index in [1.807, 2.05) is 13.8 Å². The zero-order valence-corrected chi connectivity index (χ0v) is 74.7. The SMILES string of the molecule is CCCC[C@H]1C(=O)N(C)[C@@H](CCCC)C(=O)N[C@@H](CCN)C(=O)NC(C(=O)NCC(N)=O)CSCC(=O)N[C@@H](Cc2ccc(O)cc2)C(=O)N(C)[C@@H](C)C(=O)N[C@@H](CC(N)=O)C(=O)N2CCC[C@H]2C(=O)N[C@@H](CC(N)=O)C(=O)N[C@@H](CC(C)C)C(=O)N2CCC[C@H]2C(=O)N[C@@H](Cc2c[nH]c3ccccc23)C(=O)N[C@@H](CO)C(=O)N[C@@H](Cc2c[nH]c3ccccc23)C(=O)N1C. The van der Waals surface area contributed by atoms with Gasteiger partial charge in [-0.3, -0.25) is 86.3 Å². The van der Waals surface area contributed by atoms with Gasteiger partial charge in [0, 0.05) is 93.4 Å². The number of aromatic hydroxyl groups is 1. The Balaban J connectivity index is 1.18. The number of nitrogens with two attached hydrogens (primary N) is 4. The molecule has 3 fully saturated rings. The van der Waals surface area contributed by atoms with Gasteiger partial charge in [-0.2, -0.15) is 0 Å². The molecule has 0 radical (unpaired) electrons. The second kappa shape index (κ2) is 48.4. The number of hydrogen-bond acceptors (Lipinski definition) is 22. The van der Waals surface area contributed by atoms with Crippen LogP contribution in [0.3, 0.4) is 0 Å². The van der Waals surface area contributed by atoms with Crippen LogP contribution in [0.5, 0.6) is 5.75 Å². The number of nitrogens with zero attached hydrogens (tertiary/aromatic N) is 5. The third-order valence-corrected chi connectivity index (χ3v) is 24.2. The van der Waals surface area contributed by atoms with Gasteiger partial charge in [-0.25, -0.2) is 0 Å². The topological polar surface area (TPSA) is 620 Å². The number of nitrogens with one attached hydrogen (secondary N) is 12. The van der Waals surface area contributed by atoms with Crippen LogP contribution in [0, 0.1) is 5.92 Å². The van der Waals surface area contributed by atoms with Crippen LogP contribution >= 0.6 is 11.8 Å². The fraction of sp³-hybridized carbons (Fsp3) is 0.540. The summed E-state index contributed by atoms with van der Waals surface area (Å²) in [5.41, 5.74) is 25.6. The second-order valence-electron chi connectivity index (χ2n) is 33.3. The van der Waals surface area contributed by atoms with Gasteiger partial charge in [0.2, 0.25) is 106 Å². The third kappa shape index (κ3) is 28.1. The number of phenolic OH excluding ortho intramolecular Hbond substituents is 1. The number of aromatic amines is 2. The molecule has 3 aliphatic rings. The highest BCUT2D eigenvalue weighted by Crippen LogP contribution is 2.28. The molecule has 5 heterocycles. The number of aromatic nitrogens is 2. The molecule has 18 amide bonds. The standard InChI is InChI=1S/C87H123N21O20S/c1-9-11-23-66-80(121)96-57(31-32-88)76(117)103-65(75(116)94-43-72(91)113)45-129-46-73(114)95-61(36-49-27-29-52(110)30-28-49)83(124)104(6)48(5)74(115)99-63(40-71(90)112)86(127)108-34-18-26-68(108)82(123)98-59(39-70(89)111)78(119)100-60(35-47(3)4)85(126)107-33-17-25-67(107)81(122)97-58(37-50-41-92-55-21-15-13-19-53(50)55)77(118)102-64(44-109)79(120)101-62(38-51-42-93-56-22-16-14-20-54(51)56)84(125)106(8)69(24-12-10-2)87(128)105(66)7/h13-16,19-22,27-30,41-42,47-48,57-69,92-93,109-110H,9-12,17-18,23-26,31-40,43-46,88H2,1-8H3,(H2,89,111)(H2,90,112)(H2,91,113)(H,94,116)(H,95,114)(H,96,121)(H,97,122)(H,98,123)(H,99,115)(H,100,119)(H,101,120)(H,102,118)(H,103,117)/t48-,57-,58-,59-,60-,61-,62-,63-,64-,65?,66-,67-,68-,69-/m0/s1. The zero-order valence-electron chi connectivity index (χ0n) is 73.9. The molecule has 3 saturated heterocycles. The Kier molecular flexibility index (Phi) is 38.2. The quantitative estimate of drug-likeness (QED) is 0.0295. The Labute approximate surface area is 750 Å². The maximum atomic E-state index is 15.6. The molecule has 0 aliphatic carbocycles. The Morgan fingerprint density at radius 3 is 1.51 bits per heavy atom. The molecule has 42 heteroatoms. The zero-order chi connectivity index (χ0) is 94.6. The molecule has 702 valence electrons. The van der Waals surface area contributed by atoms with Crippen LogP contribution in [0.25, 0.3) is 21.8 Å². The van der Waals surface area contributed by atoms with Gasteiger partial charge in [0.15, 0.2) is 0 Å². The lowest BCUT2D eigenvalue weighted by Gasteiger charge is -2.36. The summed E-state index contributed by atoms with van der Waals surface area (Å²) in [4.78, 5) is 272. The molecule has 14 atom stereocenters. The number of carbonyl (C=O) groups is 18. The van der Waals surface area contributed by atoms with Crippen molar-refractivity contribution in [1.82, 2.24) is 87.6 Å². The summed E-state index contributed by atoms with van der Waals surface area (Å²) in [5.74, 6) is -18.6. The maximum Gasteiger partial charge on any atom is 0.246 e. The minimum atomic E-state index is -1.85. The summed E-state index contributed by atoms with van der Waals surface area (Å²) in [6.07, 6.45) is 2.51. The Bertz CT molecular complexity index is 4870. The van der Waals surface area contributed by atoms with Crippen LogP contribution in [0.4, 0.5) is 0 Å². The molecular formula is C87H123N21O20S. The van der Waals surface area contributed by atoms with Crippen LogP contribution < -0.4 is 76.1 Å². The van der Waals surface area contributed by atoms with E-state index in [-0.39, 0.29) is 102 Å². The lowest BCUT2D eigenvalue weighted by atomic mass is 10.00. The maximum absolute atomic E-state index is 15.6. The summed E-state index contributed by atoms with van der Waals surface area (Å²) in [5, 5.41) is 48.6. The number of aliphatic hydroxyl groups is 1. The van der Waals surface area contributed by atoms with Crippen molar-refractivity contribution in [3.05, 3.63) is 102 Å². The molecule has 1 unspecified atom stereocenters. The monoisotopic (exact) mass is 1810 g/mol. The number of fused-ring (bicyclic) bond motifs is 4. The average Bonchev–Trinajstić information content (AvgIpc) is 1.16. The minimum absolute atomic E-state index is 0.00630. The molecular weight excluding hydrogens is 1690 g/mol. The number of unbranched alkanes of at least 4 members (excludes halogenated alkanes) is 2. The first-order valence-electron chi connectivity index (χ1n) is 43.4. The first kappa shape index (κ1) is 102. The fourth-order valence-corrected chi connectivity index (χ4v) is 16.9. The van der Waals surface area contributed by atoms with Crippen molar-refractivity contribution in [1.29, 1.82) is 0 Å². The van der Waals surface area contributed by atoms with Gasteiger partial charge in [0.25, 0.3) is 0 Å². The molecule has 0 saturated carbocycles. The summed E-state index contributed by atoms with van der Waals surface area (Å²) in [7, 11) is 3.91. The van der Waals surface area contributed by atoms with Gasteiger partial charge in [0.1, 0.15) is 90.3 Å². The highest BCUT2D eigenvalue weighted by molar-refractivity contribution is 8.00. The minimum Gasteiger partial charge on any atom is -0.508 e. The number of phenols is 1. The highest BCUT2D eigenvalue weighted by Gasteiger charge is 2.46. The van der Waals surface area contributed by atoms with Gasteiger partial charge in [-0.05, 0) is 112 Å². The van der Waals surface area contributed by atoms with Crippen molar-refractivity contribution in [2.75, 3.05) is 65.4 Å². The van der Waals surface area contributed by atoms with Gasteiger partial charge in [-0.15, -0.1) is 11.8 Å². The molecule has 41 nitrogen and oxygen atoms in total. The molecule has 8 rings (SSSR count). The van der Waals surface area contributed by atoms with Crippen LogP contribution in [-0.2, 0) is 106 Å². The van der Waals surface area contributed by atoms with Crippen LogP contribution in [-0.4, -0.2) is 301 Å². The van der Waals surface area contributed by atoms with Crippen molar-refractivity contribution in [3.63, 3.8) is 0 Å². The molecule has 2 aromatic heterocycles. The number of likely N-dealkylation sites (N-methyl/N-ethyl adjacent to an activating group) is 3. The number of benzene rings is 3. The molecule has 0 bridgehead atoms. The summed E-state index contributed by atoms with van der Waals surface area (Å²) in [6, 6.07) is -1.99. The molecule has 3 aliphatic heterocycles. The van der Waals surface area contributed by atoms with E-state index in [1.54, 1.807) is 74.8 Å². The Hall–Kier alpha value is -12.7. The Morgan fingerprint density at radius 2 is 0.961 bits per heavy atom. The van der Waals surface area contributed by atoms with Gasteiger partial charge < -0.3 is 121 Å². The van der Waals surface area contributed by atoms with Crippen molar-refractivity contribution in [2.45, 2.75) is 228 Å². The number of hydrogen-bond donors (Lipinski definition) is 18. The number of primary amides is 3. The van der Waals surface area contributed by atoms with Crippen molar-refractivity contribution in [2.24, 2.45) is 28.9 Å². The van der Waals surface area contributed by atoms with E-state index >= 15 is 33.6 Å². The summed E-state index contributed by atoms with van der Waals surface area (Å²) in [6.45, 7) is 6.20. The van der Waals surface area contributed by atoms with Gasteiger partial charge >= 0.3 is 0 Å². The van der Waals surface area contributed by atoms with E-state index in [0.717, 1.165) is 31.4 Å². The van der Waals surface area contributed by atoms with Crippen molar-refractivity contribution >= 4 is 140 Å². The number of aliphatic hydroxyl groups excluding tert-OH is 1. The number of para-hydroxylation sites is 2. The van der Waals surface area contributed by atoms with Gasteiger partial charge in [-0.1, -0.05) is 102 Å². The summed E-state index contributed by atoms with van der Waals surface area (Å²) >= 11 is 0.765. The van der Waals surface area contributed by atoms with Crippen LogP contribution in [0.15, 0.2) is 85.2 Å². The van der Waals surface area contributed by atoms with E-state index in [1.165, 1.54) is 57.2 Å². The normalized spacial score (nSPS) is 24.8. The highest BCUT2D eigenvalue weighted by atomic mass is 32.2. The average molecular weight is 1820 g/mol. The van der Waals surface area contributed by atoms with Gasteiger partial charge in [0.05, 0.1) is 31.7 Å². The largest absolute Gasteiger partial charge is 0.508 e. The van der Waals surface area contributed by atoms with E-state index in [0.29, 0.717) is 64.2 Å². The fourth-order valence-electron chi connectivity index (χ4n) is 16.0. The molecule has 5 aromatic rings. The van der Waals surface area contributed by atoms with Crippen molar-refractivity contribution < 1.29 is 96.5 Å². The van der Waals surface area contributed by atoms with E-state index in [9.17, 15) is 63.0 Å². The van der Waals surface area contributed by atoms with E-state index in [2.05, 4.69) is 63.1 Å². The predicted octanol–water partition coefficient (Wildman–Crippen LogP) is -2.90. The summed E-state index contributed by atoms with van der Waals surface area (Å²) < 4.78 is 0. The second-order valence-corrected chi connectivity index (χ2v) is 34.3. The first-order valence-corrected chi connectivity index (χ1v) is 44.6. The molecule has 0 spiro atoms. The van der Waals surface area contributed by atoms with Crippen LogP contribution in [0.1, 0.15) is 141 Å².